The van der Waals surface area contributed by atoms with Gasteiger partial charge in [-0.3, -0.25) is 9.59 Å². The molecule has 0 heterocycles. The lowest BCUT2D eigenvalue weighted by molar-refractivity contribution is -0.120. The van der Waals surface area contributed by atoms with E-state index in [1.165, 1.54) is 11.8 Å². The van der Waals surface area contributed by atoms with Gasteiger partial charge >= 0.3 is 0 Å². The van der Waals surface area contributed by atoms with Crippen LogP contribution in [0.1, 0.15) is 6.92 Å². The summed E-state index contributed by atoms with van der Waals surface area (Å²) >= 11 is 9.39. The fourth-order valence-electron chi connectivity index (χ4n) is 1.93. The maximum Gasteiger partial charge on any atom is 0.244 e. The molecule has 1 N–H and O–H groups in total. The van der Waals surface area contributed by atoms with Crippen molar-refractivity contribution in [3.8, 4) is 0 Å². The van der Waals surface area contributed by atoms with E-state index < -0.39 is 0 Å². The zero-order valence-electron chi connectivity index (χ0n) is 11.8. The van der Waals surface area contributed by atoms with Crippen LogP contribution in [0, 0.1) is 0 Å². The van der Waals surface area contributed by atoms with Crippen molar-refractivity contribution in [3.05, 3.63) is 58.0 Å². The average Bonchev–Trinajstić information content (AvgIpc) is 2.48. The first kappa shape index (κ1) is 16.5. The van der Waals surface area contributed by atoms with Crippen LogP contribution in [0.5, 0.6) is 0 Å². The first-order valence-corrected chi connectivity index (χ1v) is 7.73. The molecule has 4 nitrogen and oxygen atoms in total. The van der Waals surface area contributed by atoms with E-state index in [0.717, 1.165) is 4.47 Å². The van der Waals surface area contributed by atoms with Gasteiger partial charge in [-0.1, -0.05) is 35.9 Å². The Morgan fingerprint density at radius 1 is 1.14 bits per heavy atom. The molecule has 2 aromatic carbocycles. The van der Waals surface area contributed by atoms with Crippen LogP contribution in [-0.2, 0) is 9.59 Å². The molecule has 0 aliphatic rings. The normalized spacial score (nSPS) is 10.1. The number of anilines is 2. The van der Waals surface area contributed by atoms with E-state index in [1.54, 1.807) is 30.3 Å². The Balaban J connectivity index is 2.15. The van der Waals surface area contributed by atoms with E-state index in [4.69, 9.17) is 11.6 Å². The molecule has 0 unspecified atom stereocenters. The van der Waals surface area contributed by atoms with Crippen molar-refractivity contribution in [2.24, 2.45) is 0 Å². The molecule has 2 amide bonds. The van der Waals surface area contributed by atoms with Gasteiger partial charge in [0, 0.05) is 11.4 Å². The molecule has 2 aromatic rings. The highest BCUT2D eigenvalue weighted by atomic mass is 79.9. The van der Waals surface area contributed by atoms with Crippen molar-refractivity contribution in [1.82, 2.24) is 0 Å². The van der Waals surface area contributed by atoms with Gasteiger partial charge in [-0.2, -0.15) is 0 Å². The van der Waals surface area contributed by atoms with Gasteiger partial charge in [-0.05, 0) is 40.2 Å². The van der Waals surface area contributed by atoms with Gasteiger partial charge in [0.1, 0.15) is 6.54 Å². The second-order valence-corrected chi connectivity index (χ2v) is 5.85. The van der Waals surface area contributed by atoms with E-state index in [2.05, 4.69) is 21.2 Å². The molecule has 0 radical (unpaired) electrons. The Bertz CT molecular complexity index is 706. The van der Waals surface area contributed by atoms with Crippen molar-refractivity contribution in [1.29, 1.82) is 0 Å². The maximum absolute atomic E-state index is 12.2. The Hall–Kier alpha value is -1.85. The number of carbonyl (C=O) groups excluding carboxylic acids is 2. The van der Waals surface area contributed by atoms with Gasteiger partial charge in [0.25, 0.3) is 0 Å². The molecule has 0 atom stereocenters. The van der Waals surface area contributed by atoms with Gasteiger partial charge in [0.2, 0.25) is 11.8 Å². The van der Waals surface area contributed by atoms with Gasteiger partial charge in [0.05, 0.1) is 16.4 Å². The van der Waals surface area contributed by atoms with Crippen molar-refractivity contribution in [2.45, 2.75) is 6.92 Å². The monoisotopic (exact) mass is 380 g/mol. The number of hydrogen-bond acceptors (Lipinski definition) is 2. The van der Waals surface area contributed by atoms with Crippen LogP contribution >= 0.6 is 27.5 Å². The lowest BCUT2D eigenvalue weighted by Gasteiger charge is -2.22. The first-order chi connectivity index (χ1) is 10.5. The fourth-order valence-corrected chi connectivity index (χ4v) is 2.61. The number of para-hydroxylation sites is 2. The predicted molar refractivity (Wildman–Crippen MR) is 92.3 cm³/mol. The highest BCUT2D eigenvalue weighted by Crippen LogP contribution is 2.26. The Kier molecular flexibility index (Phi) is 5.57. The van der Waals surface area contributed by atoms with Crippen molar-refractivity contribution in [2.75, 3.05) is 16.8 Å². The summed E-state index contributed by atoms with van der Waals surface area (Å²) in [6.07, 6.45) is 0. The molecular weight excluding hydrogens is 368 g/mol. The molecule has 6 heteroatoms. The maximum atomic E-state index is 12.2. The topological polar surface area (TPSA) is 49.4 Å². The smallest absolute Gasteiger partial charge is 0.244 e. The minimum atomic E-state index is -0.320. The number of halogens is 2. The van der Waals surface area contributed by atoms with Crippen LogP contribution in [0.2, 0.25) is 5.02 Å². The summed E-state index contributed by atoms with van der Waals surface area (Å²) in [6, 6.07) is 14.2. The molecule has 2 rings (SSSR count). The molecular formula is C16H14BrClN2O2. The molecule has 0 bridgehead atoms. The minimum Gasteiger partial charge on any atom is -0.323 e. The Morgan fingerprint density at radius 3 is 2.41 bits per heavy atom. The molecule has 0 saturated carbocycles. The summed E-state index contributed by atoms with van der Waals surface area (Å²) in [7, 11) is 0. The molecule has 0 aromatic heterocycles. The Morgan fingerprint density at radius 2 is 1.77 bits per heavy atom. The largest absolute Gasteiger partial charge is 0.323 e. The summed E-state index contributed by atoms with van der Waals surface area (Å²) in [4.78, 5) is 25.4. The fraction of sp³-hybridized carbons (Fsp3) is 0.125. The number of carbonyl (C=O) groups is 2. The van der Waals surface area contributed by atoms with Crippen molar-refractivity contribution >= 4 is 50.7 Å². The van der Waals surface area contributed by atoms with Crippen LogP contribution in [-0.4, -0.2) is 18.4 Å². The molecule has 0 spiro atoms. The van der Waals surface area contributed by atoms with Gasteiger partial charge in [0.15, 0.2) is 0 Å². The number of nitrogens with zero attached hydrogens (tertiary/aromatic N) is 1. The van der Waals surface area contributed by atoms with Crippen molar-refractivity contribution < 1.29 is 9.59 Å². The Labute approximate surface area is 142 Å². The third-order valence-electron chi connectivity index (χ3n) is 2.97. The van der Waals surface area contributed by atoms with Crippen LogP contribution in [0.25, 0.3) is 0 Å². The van der Waals surface area contributed by atoms with E-state index in [1.807, 2.05) is 18.2 Å². The van der Waals surface area contributed by atoms with E-state index in [0.29, 0.717) is 16.4 Å². The summed E-state index contributed by atoms with van der Waals surface area (Å²) < 4.78 is 0.746. The highest BCUT2D eigenvalue weighted by Gasteiger charge is 2.18. The zero-order chi connectivity index (χ0) is 16.1. The molecule has 0 aliphatic heterocycles. The molecule has 0 fully saturated rings. The molecule has 114 valence electrons. The van der Waals surface area contributed by atoms with Gasteiger partial charge < -0.3 is 10.2 Å². The third-order valence-corrected chi connectivity index (χ3v) is 3.97. The summed E-state index contributed by atoms with van der Waals surface area (Å²) in [5.74, 6) is -0.541. The molecule has 22 heavy (non-hydrogen) atoms. The number of amides is 2. The predicted octanol–water partition coefficient (Wildman–Crippen LogP) is 4.09. The lowest BCUT2D eigenvalue weighted by Crippen LogP contribution is -2.36. The second-order valence-electron chi connectivity index (χ2n) is 4.58. The summed E-state index contributed by atoms with van der Waals surface area (Å²) in [5.41, 5.74) is 1.16. The van der Waals surface area contributed by atoms with Crippen LogP contribution < -0.4 is 10.2 Å². The van der Waals surface area contributed by atoms with Gasteiger partial charge in [-0.15, -0.1) is 0 Å². The number of nitrogens with one attached hydrogen (secondary N) is 1. The highest BCUT2D eigenvalue weighted by molar-refractivity contribution is 9.10. The first-order valence-electron chi connectivity index (χ1n) is 6.56. The number of benzene rings is 2. The van der Waals surface area contributed by atoms with Crippen molar-refractivity contribution in [3.63, 3.8) is 0 Å². The second kappa shape index (κ2) is 7.42. The summed E-state index contributed by atoms with van der Waals surface area (Å²) in [5, 5.41) is 3.15. The minimum absolute atomic E-state index is 0.0941. The third kappa shape index (κ3) is 4.08. The van der Waals surface area contributed by atoms with E-state index >= 15 is 0 Å². The molecule has 0 aliphatic carbocycles. The molecule has 0 saturated heterocycles. The number of rotatable bonds is 4. The number of hydrogen-bond donors (Lipinski definition) is 1. The quantitative estimate of drug-likeness (QED) is 0.867. The lowest BCUT2D eigenvalue weighted by atomic mass is 10.2. The van der Waals surface area contributed by atoms with E-state index in [9.17, 15) is 9.59 Å². The van der Waals surface area contributed by atoms with Crippen LogP contribution in [0.4, 0.5) is 11.4 Å². The van der Waals surface area contributed by atoms with Crippen LogP contribution in [0.3, 0.4) is 0 Å². The van der Waals surface area contributed by atoms with Gasteiger partial charge in [-0.25, -0.2) is 0 Å². The average molecular weight is 382 g/mol. The van der Waals surface area contributed by atoms with E-state index in [-0.39, 0.29) is 18.4 Å². The summed E-state index contributed by atoms with van der Waals surface area (Å²) in [6.45, 7) is 1.32. The van der Waals surface area contributed by atoms with Crippen LogP contribution in [0.15, 0.2) is 53.0 Å². The SMILES string of the molecule is CC(=O)N(CC(=O)Nc1ccccc1Cl)c1ccccc1Br. The zero-order valence-corrected chi connectivity index (χ0v) is 14.2. The standard InChI is InChI=1S/C16H14BrClN2O2/c1-11(21)20(15-9-5-2-6-12(15)17)10-16(22)19-14-8-4-3-7-13(14)18/h2-9H,10H2,1H3,(H,19,22).